The van der Waals surface area contributed by atoms with Crippen molar-refractivity contribution in [1.29, 1.82) is 0 Å². The molecule has 0 aliphatic rings. The lowest BCUT2D eigenvalue weighted by molar-refractivity contribution is -0.132. The molecule has 0 bridgehead atoms. The van der Waals surface area contributed by atoms with E-state index in [2.05, 4.69) is 6.58 Å². The third kappa shape index (κ3) is 3.85. The van der Waals surface area contributed by atoms with Crippen LogP contribution in [0.15, 0.2) is 12.7 Å². The fourth-order valence-corrected chi connectivity index (χ4v) is 2.25. The van der Waals surface area contributed by atoms with E-state index in [0.717, 1.165) is 11.1 Å². The first-order valence-electron chi connectivity index (χ1n) is 6.96. The number of rotatable bonds is 5. The third-order valence-electron chi connectivity index (χ3n) is 3.90. The van der Waals surface area contributed by atoms with Crippen molar-refractivity contribution in [3.05, 3.63) is 34.9 Å². The highest BCUT2D eigenvalue weighted by molar-refractivity contribution is 5.72. The average Bonchev–Trinajstić information content (AvgIpc) is 2.41. The van der Waals surface area contributed by atoms with Crippen LogP contribution in [0.25, 0.3) is 0 Å². The lowest BCUT2D eigenvalue weighted by Crippen LogP contribution is -2.21. The van der Waals surface area contributed by atoms with Crippen LogP contribution in [0.5, 0.6) is 11.5 Å². The lowest BCUT2D eigenvalue weighted by Gasteiger charge is -2.22. The SMILES string of the molecule is C=CC(C)(O)CCc1c(C)c(OC(C)=O)c(C)c(C)c1O. The quantitative estimate of drug-likeness (QED) is 0.497. The van der Waals surface area contributed by atoms with Gasteiger partial charge in [0, 0.05) is 12.5 Å². The number of carbonyl (C=O) groups excluding carboxylic acids is 1. The number of aromatic hydroxyl groups is 1. The van der Waals surface area contributed by atoms with E-state index in [1.165, 1.54) is 13.0 Å². The molecule has 0 amide bonds. The first-order valence-corrected chi connectivity index (χ1v) is 6.96. The minimum atomic E-state index is -1.00. The number of ether oxygens (including phenoxy) is 1. The maximum absolute atomic E-state index is 11.3. The molecule has 0 saturated heterocycles. The molecule has 1 unspecified atom stereocenters. The molecular weight excluding hydrogens is 268 g/mol. The lowest BCUT2D eigenvalue weighted by atomic mass is 9.90. The largest absolute Gasteiger partial charge is 0.507 e. The Morgan fingerprint density at radius 1 is 1.29 bits per heavy atom. The van der Waals surface area contributed by atoms with Gasteiger partial charge in [0.15, 0.2) is 0 Å². The van der Waals surface area contributed by atoms with Crippen LogP contribution in [0.1, 0.15) is 42.5 Å². The van der Waals surface area contributed by atoms with Crippen molar-refractivity contribution in [2.75, 3.05) is 0 Å². The van der Waals surface area contributed by atoms with Gasteiger partial charge in [0.05, 0.1) is 5.60 Å². The average molecular weight is 292 g/mol. The molecule has 4 nitrogen and oxygen atoms in total. The van der Waals surface area contributed by atoms with Crippen LogP contribution in [0.4, 0.5) is 0 Å². The van der Waals surface area contributed by atoms with Crippen molar-refractivity contribution in [2.45, 2.75) is 53.1 Å². The number of benzene rings is 1. The summed E-state index contributed by atoms with van der Waals surface area (Å²) in [5.74, 6) is 0.294. The summed E-state index contributed by atoms with van der Waals surface area (Å²) in [6.07, 6.45) is 2.37. The highest BCUT2D eigenvalue weighted by atomic mass is 16.5. The molecule has 0 heterocycles. The van der Waals surface area contributed by atoms with Crippen LogP contribution in [-0.2, 0) is 11.2 Å². The Bertz CT molecular complexity index is 571. The fraction of sp³-hybridized carbons (Fsp3) is 0.471. The summed E-state index contributed by atoms with van der Waals surface area (Å²) >= 11 is 0. The van der Waals surface area contributed by atoms with E-state index in [1.54, 1.807) is 13.8 Å². The Hall–Kier alpha value is -1.81. The molecule has 1 aromatic rings. The van der Waals surface area contributed by atoms with Crippen molar-refractivity contribution in [3.63, 3.8) is 0 Å². The number of phenols is 1. The van der Waals surface area contributed by atoms with Crippen molar-refractivity contribution < 1.29 is 19.7 Å². The summed E-state index contributed by atoms with van der Waals surface area (Å²) in [6.45, 7) is 12.0. The zero-order valence-corrected chi connectivity index (χ0v) is 13.4. The summed E-state index contributed by atoms with van der Waals surface area (Å²) in [6, 6.07) is 0. The van der Waals surface area contributed by atoms with E-state index >= 15 is 0 Å². The summed E-state index contributed by atoms with van der Waals surface area (Å²) < 4.78 is 5.28. The van der Waals surface area contributed by atoms with E-state index in [1.807, 2.05) is 13.8 Å². The van der Waals surface area contributed by atoms with E-state index in [0.29, 0.717) is 29.7 Å². The molecule has 0 fully saturated rings. The smallest absolute Gasteiger partial charge is 0.308 e. The number of hydrogen-bond donors (Lipinski definition) is 2. The van der Waals surface area contributed by atoms with E-state index < -0.39 is 11.6 Å². The molecule has 0 saturated carbocycles. The third-order valence-corrected chi connectivity index (χ3v) is 3.90. The molecule has 1 atom stereocenters. The Kier molecular flexibility index (Phi) is 5.18. The number of carbonyl (C=O) groups is 1. The van der Waals surface area contributed by atoms with Crippen molar-refractivity contribution >= 4 is 5.97 Å². The molecule has 21 heavy (non-hydrogen) atoms. The van der Waals surface area contributed by atoms with E-state index in [4.69, 9.17) is 4.74 Å². The minimum absolute atomic E-state index is 0.195. The van der Waals surface area contributed by atoms with E-state index in [9.17, 15) is 15.0 Å². The number of hydrogen-bond acceptors (Lipinski definition) is 4. The second-order valence-electron chi connectivity index (χ2n) is 5.69. The van der Waals surface area contributed by atoms with Gasteiger partial charge in [-0.2, -0.15) is 0 Å². The van der Waals surface area contributed by atoms with Crippen LogP contribution in [-0.4, -0.2) is 21.8 Å². The molecule has 1 rings (SSSR count). The normalized spacial score (nSPS) is 13.6. The first-order chi connectivity index (χ1) is 9.60. The van der Waals surface area contributed by atoms with Gasteiger partial charge in [-0.3, -0.25) is 4.79 Å². The van der Waals surface area contributed by atoms with Crippen molar-refractivity contribution in [3.8, 4) is 11.5 Å². The highest BCUT2D eigenvalue weighted by Gasteiger charge is 2.22. The van der Waals surface area contributed by atoms with Gasteiger partial charge in [-0.05, 0) is 57.2 Å². The second-order valence-corrected chi connectivity index (χ2v) is 5.69. The summed E-state index contributed by atoms with van der Waals surface area (Å²) in [5, 5.41) is 20.4. The molecule has 0 aliphatic carbocycles. The molecule has 2 N–H and O–H groups in total. The van der Waals surface area contributed by atoms with E-state index in [-0.39, 0.29) is 5.75 Å². The maximum atomic E-state index is 11.3. The minimum Gasteiger partial charge on any atom is -0.507 e. The monoisotopic (exact) mass is 292 g/mol. The van der Waals surface area contributed by atoms with Gasteiger partial charge in [0.1, 0.15) is 11.5 Å². The Morgan fingerprint density at radius 2 is 1.86 bits per heavy atom. The van der Waals surface area contributed by atoms with Crippen LogP contribution in [0.3, 0.4) is 0 Å². The Morgan fingerprint density at radius 3 is 2.33 bits per heavy atom. The van der Waals surface area contributed by atoms with Gasteiger partial charge in [-0.1, -0.05) is 6.08 Å². The molecule has 1 aromatic carbocycles. The van der Waals surface area contributed by atoms with Crippen LogP contribution in [0.2, 0.25) is 0 Å². The van der Waals surface area contributed by atoms with Gasteiger partial charge in [0.2, 0.25) is 0 Å². The van der Waals surface area contributed by atoms with Gasteiger partial charge in [0.25, 0.3) is 0 Å². The molecule has 0 aliphatic heterocycles. The Balaban J connectivity index is 3.28. The Labute approximate surface area is 126 Å². The van der Waals surface area contributed by atoms with Crippen LogP contribution in [0, 0.1) is 20.8 Å². The predicted molar refractivity (Wildman–Crippen MR) is 82.8 cm³/mol. The van der Waals surface area contributed by atoms with Gasteiger partial charge in [-0.25, -0.2) is 0 Å². The first kappa shape index (κ1) is 17.2. The zero-order valence-electron chi connectivity index (χ0n) is 13.4. The molecular formula is C17H24O4. The molecule has 0 spiro atoms. The standard InChI is InChI=1S/C17H24O4/c1-7-17(6,20)9-8-14-12(4)16(21-13(5)18)11(3)10(2)15(14)19/h7,19-20H,1,8-9H2,2-6H3. The molecule has 0 radical (unpaired) electrons. The molecule has 0 aromatic heterocycles. The van der Waals surface area contributed by atoms with Crippen LogP contribution >= 0.6 is 0 Å². The number of aliphatic hydroxyl groups is 1. The summed E-state index contributed by atoms with van der Waals surface area (Å²) in [4.78, 5) is 11.3. The van der Waals surface area contributed by atoms with Crippen LogP contribution < -0.4 is 4.74 Å². The zero-order chi connectivity index (χ0) is 16.4. The van der Waals surface area contributed by atoms with Gasteiger partial charge in [-0.15, -0.1) is 6.58 Å². The predicted octanol–water partition coefficient (Wildman–Crippen LogP) is 3.11. The van der Waals surface area contributed by atoms with Gasteiger partial charge >= 0.3 is 5.97 Å². The molecule has 116 valence electrons. The highest BCUT2D eigenvalue weighted by Crippen LogP contribution is 2.38. The molecule has 4 heteroatoms. The summed E-state index contributed by atoms with van der Waals surface area (Å²) in [5.41, 5.74) is 1.85. The second kappa shape index (κ2) is 6.31. The van der Waals surface area contributed by atoms with Crippen molar-refractivity contribution in [1.82, 2.24) is 0 Å². The topological polar surface area (TPSA) is 66.8 Å². The van der Waals surface area contributed by atoms with Crippen molar-refractivity contribution in [2.24, 2.45) is 0 Å². The summed E-state index contributed by atoms with van der Waals surface area (Å²) in [7, 11) is 0. The fourth-order valence-electron chi connectivity index (χ4n) is 2.25. The number of phenolic OH excluding ortho intramolecular Hbond substituents is 1. The number of esters is 1. The maximum Gasteiger partial charge on any atom is 0.308 e. The van der Waals surface area contributed by atoms with Gasteiger partial charge < -0.3 is 14.9 Å².